The van der Waals surface area contributed by atoms with Crippen molar-refractivity contribution in [2.24, 2.45) is 0 Å². The number of fused-ring (bicyclic) bond motifs is 1. The van der Waals surface area contributed by atoms with Crippen molar-refractivity contribution in [3.63, 3.8) is 0 Å². The first kappa shape index (κ1) is 30.0. The largest absolute Gasteiger partial charge is 0.497 e. The van der Waals surface area contributed by atoms with Gasteiger partial charge >= 0.3 is 5.97 Å². The van der Waals surface area contributed by atoms with E-state index in [-0.39, 0.29) is 19.6 Å². The van der Waals surface area contributed by atoms with Gasteiger partial charge in [-0.2, -0.15) is 0 Å². The second-order valence-corrected chi connectivity index (χ2v) is 9.77. The lowest BCUT2D eigenvalue weighted by atomic mass is 9.96. The summed E-state index contributed by atoms with van der Waals surface area (Å²) >= 11 is 6.65. The Hall–Kier alpha value is -3.95. The fourth-order valence-electron chi connectivity index (χ4n) is 4.90. The van der Waals surface area contributed by atoms with E-state index in [2.05, 4.69) is 0 Å². The number of carbonyl (C=O) groups is 2. The van der Waals surface area contributed by atoms with Gasteiger partial charge in [0, 0.05) is 27.8 Å². The summed E-state index contributed by atoms with van der Waals surface area (Å²) in [6.07, 6.45) is -2.29. The lowest BCUT2D eigenvalue weighted by Gasteiger charge is -2.26. The minimum Gasteiger partial charge on any atom is -0.497 e. The minimum atomic E-state index is -1.18. The molecule has 3 aromatic rings. The number of methoxy groups -OCH3 is 4. The van der Waals surface area contributed by atoms with Gasteiger partial charge in [0.25, 0.3) is 5.91 Å². The number of halogens is 1. The molecular formula is C31H34ClNO8. The summed E-state index contributed by atoms with van der Waals surface area (Å²) < 4.78 is 33.9. The Labute approximate surface area is 244 Å². The van der Waals surface area contributed by atoms with E-state index in [1.165, 1.54) is 7.11 Å². The van der Waals surface area contributed by atoms with Crippen LogP contribution in [-0.4, -0.2) is 53.0 Å². The number of benzene rings is 3. The number of hydrogen-bond donors (Lipinski definition) is 0. The van der Waals surface area contributed by atoms with Crippen LogP contribution in [0.1, 0.15) is 41.7 Å². The van der Waals surface area contributed by atoms with E-state index >= 15 is 0 Å². The fourth-order valence-corrected chi connectivity index (χ4v) is 5.07. The van der Waals surface area contributed by atoms with Crippen molar-refractivity contribution in [1.29, 1.82) is 0 Å². The number of nitrogens with zero attached hydrogens (tertiary/aromatic N) is 1. The van der Waals surface area contributed by atoms with Gasteiger partial charge in [-0.15, -0.1) is 0 Å². The Balaban J connectivity index is 1.94. The average Bonchev–Trinajstić information content (AvgIpc) is 3.07. The highest BCUT2D eigenvalue weighted by atomic mass is 35.5. The molecule has 218 valence electrons. The van der Waals surface area contributed by atoms with Crippen LogP contribution in [0.2, 0.25) is 5.02 Å². The predicted molar refractivity (Wildman–Crippen MR) is 154 cm³/mol. The summed E-state index contributed by atoms with van der Waals surface area (Å²) in [7, 11) is 6.20. The van der Waals surface area contributed by atoms with Crippen molar-refractivity contribution < 1.29 is 38.0 Å². The summed E-state index contributed by atoms with van der Waals surface area (Å²) in [6.45, 7) is 3.88. The van der Waals surface area contributed by atoms with Gasteiger partial charge in [0.1, 0.15) is 23.7 Å². The van der Waals surface area contributed by atoms with E-state index in [1.807, 2.05) is 31.2 Å². The summed E-state index contributed by atoms with van der Waals surface area (Å²) in [5, 5.41) is 0.498. The Morgan fingerprint density at radius 1 is 0.951 bits per heavy atom. The quantitative estimate of drug-likeness (QED) is 0.282. The third-order valence-corrected chi connectivity index (χ3v) is 7.33. The van der Waals surface area contributed by atoms with E-state index in [4.69, 9.17) is 40.0 Å². The molecule has 0 N–H and O–H groups in total. The molecule has 2 atom stereocenters. The fraction of sp³-hybridized carbons (Fsp3) is 0.355. The zero-order chi connectivity index (χ0) is 29.7. The zero-order valence-corrected chi connectivity index (χ0v) is 24.7. The number of hydrogen-bond acceptors (Lipinski definition) is 8. The number of aryl methyl sites for hydroxylation is 1. The van der Waals surface area contributed by atoms with Crippen LogP contribution in [0.25, 0.3) is 0 Å². The molecule has 4 rings (SSSR count). The lowest BCUT2D eigenvalue weighted by Crippen LogP contribution is -2.40. The van der Waals surface area contributed by atoms with Crippen molar-refractivity contribution >= 4 is 29.2 Å². The van der Waals surface area contributed by atoms with Gasteiger partial charge in [-0.05, 0) is 49.7 Å². The smallest absolute Gasteiger partial charge is 0.308 e. The third kappa shape index (κ3) is 6.21. The molecule has 0 bridgehead atoms. The highest BCUT2D eigenvalue weighted by molar-refractivity contribution is 6.31. The summed E-state index contributed by atoms with van der Waals surface area (Å²) in [4.78, 5) is 28.5. The molecule has 10 heteroatoms. The van der Waals surface area contributed by atoms with Gasteiger partial charge in [0.15, 0.2) is 11.5 Å². The lowest BCUT2D eigenvalue weighted by molar-refractivity contribution is -0.151. The standard InChI is InChI=1S/C31H34ClNO8/c1-7-40-28(34)16-27-31(35)33(17-19-11-12-20(36-3)14-26(19)38-5)24-13-18(2)23(32)15-22(24)29(41-27)21-9-8-10-25(37-4)30(21)39-6/h8-15,27,29H,7,16-17H2,1-6H3/t27-,29-/m0/s1. The molecule has 1 aliphatic rings. The Morgan fingerprint density at radius 2 is 1.71 bits per heavy atom. The van der Waals surface area contributed by atoms with Gasteiger partial charge < -0.3 is 33.3 Å². The SMILES string of the molecule is CCOC(=O)C[C@@H]1O[C@@H](c2cccc(OC)c2OC)c2cc(Cl)c(C)cc2N(Cc2ccc(OC)cc2OC)C1=O. The van der Waals surface area contributed by atoms with Crippen LogP contribution in [0.15, 0.2) is 48.5 Å². The Bertz CT molecular complexity index is 1430. The molecule has 0 spiro atoms. The van der Waals surface area contributed by atoms with Crippen molar-refractivity contribution in [1.82, 2.24) is 0 Å². The first-order valence-corrected chi connectivity index (χ1v) is 13.5. The normalized spacial score (nSPS) is 16.5. The van der Waals surface area contributed by atoms with Crippen LogP contribution in [0.4, 0.5) is 5.69 Å². The second-order valence-electron chi connectivity index (χ2n) is 9.36. The maximum Gasteiger partial charge on any atom is 0.308 e. The van der Waals surface area contributed by atoms with Crippen molar-refractivity contribution in [3.8, 4) is 23.0 Å². The van der Waals surface area contributed by atoms with Crippen LogP contribution < -0.4 is 23.8 Å². The van der Waals surface area contributed by atoms with Gasteiger partial charge in [0.05, 0.1) is 53.7 Å². The van der Waals surface area contributed by atoms with E-state index < -0.39 is 24.1 Å². The molecular weight excluding hydrogens is 550 g/mol. The molecule has 0 unspecified atom stereocenters. The van der Waals surface area contributed by atoms with Crippen molar-refractivity contribution in [3.05, 3.63) is 75.8 Å². The average molecular weight is 584 g/mol. The Morgan fingerprint density at radius 3 is 2.37 bits per heavy atom. The van der Waals surface area contributed by atoms with Crippen LogP contribution in [-0.2, 0) is 25.6 Å². The molecule has 1 heterocycles. The zero-order valence-electron chi connectivity index (χ0n) is 24.0. The molecule has 0 aliphatic carbocycles. The van der Waals surface area contributed by atoms with E-state index in [9.17, 15) is 9.59 Å². The van der Waals surface area contributed by atoms with Crippen LogP contribution >= 0.6 is 11.6 Å². The van der Waals surface area contributed by atoms with Gasteiger partial charge in [-0.1, -0.05) is 23.7 Å². The molecule has 1 aliphatic heterocycles. The third-order valence-electron chi connectivity index (χ3n) is 6.92. The highest BCUT2D eigenvalue weighted by Crippen LogP contribution is 2.46. The maximum atomic E-state index is 14.3. The number of anilines is 1. The Kier molecular flexibility index (Phi) is 9.62. The highest BCUT2D eigenvalue weighted by Gasteiger charge is 2.40. The predicted octanol–water partition coefficient (Wildman–Crippen LogP) is 5.66. The van der Waals surface area contributed by atoms with E-state index in [0.29, 0.717) is 44.8 Å². The number of rotatable bonds is 10. The second kappa shape index (κ2) is 13.1. The molecule has 0 fully saturated rings. The number of esters is 1. The molecule has 0 saturated carbocycles. The van der Waals surface area contributed by atoms with Gasteiger partial charge in [-0.3, -0.25) is 9.59 Å². The molecule has 0 radical (unpaired) electrons. The van der Waals surface area contributed by atoms with Gasteiger partial charge in [0.2, 0.25) is 0 Å². The molecule has 0 saturated heterocycles. The topological polar surface area (TPSA) is 92.8 Å². The van der Waals surface area contributed by atoms with Gasteiger partial charge in [-0.25, -0.2) is 0 Å². The number of para-hydroxylation sites is 1. The van der Waals surface area contributed by atoms with Crippen molar-refractivity contribution in [2.45, 2.75) is 39.0 Å². The van der Waals surface area contributed by atoms with Crippen LogP contribution in [0, 0.1) is 6.92 Å². The van der Waals surface area contributed by atoms with Crippen molar-refractivity contribution in [2.75, 3.05) is 39.9 Å². The van der Waals surface area contributed by atoms with E-state index in [0.717, 1.165) is 11.1 Å². The first-order chi connectivity index (χ1) is 19.8. The molecule has 41 heavy (non-hydrogen) atoms. The summed E-state index contributed by atoms with van der Waals surface area (Å²) in [6, 6.07) is 14.4. The molecule has 9 nitrogen and oxygen atoms in total. The monoisotopic (exact) mass is 583 g/mol. The summed E-state index contributed by atoms with van der Waals surface area (Å²) in [5.41, 5.74) is 3.31. The summed E-state index contributed by atoms with van der Waals surface area (Å²) in [5.74, 6) is 1.13. The number of carbonyl (C=O) groups excluding carboxylic acids is 2. The van der Waals surface area contributed by atoms with Crippen LogP contribution in [0.3, 0.4) is 0 Å². The number of amides is 1. The first-order valence-electron chi connectivity index (χ1n) is 13.1. The molecule has 1 amide bonds. The number of ether oxygens (including phenoxy) is 6. The minimum absolute atomic E-state index is 0.130. The van der Waals surface area contributed by atoms with E-state index in [1.54, 1.807) is 57.4 Å². The maximum absolute atomic E-state index is 14.3. The molecule has 3 aromatic carbocycles. The molecule has 0 aromatic heterocycles. The van der Waals surface area contributed by atoms with Crippen LogP contribution in [0.5, 0.6) is 23.0 Å².